The average Bonchev–Trinajstić information content (AvgIpc) is 3.30. The van der Waals surface area contributed by atoms with Crippen LogP contribution in [0, 0.1) is 35.5 Å². The number of amides is 2. The van der Waals surface area contributed by atoms with E-state index in [-0.39, 0.29) is 67.7 Å². The van der Waals surface area contributed by atoms with Gasteiger partial charge in [0.25, 0.3) is 11.7 Å². The summed E-state index contributed by atoms with van der Waals surface area (Å²) in [4.78, 5) is 84.5. The zero-order valence-corrected chi connectivity index (χ0v) is 42.0. The second kappa shape index (κ2) is 25.8. The Morgan fingerprint density at radius 1 is 0.912 bits per heavy atom. The number of ether oxygens (including phenoxy) is 4. The molecule has 3 fully saturated rings. The van der Waals surface area contributed by atoms with Crippen LogP contribution < -0.4 is 0 Å². The zero-order chi connectivity index (χ0) is 50.6. The van der Waals surface area contributed by atoms with Gasteiger partial charge in [0.05, 0.1) is 24.4 Å². The zero-order valence-electron chi connectivity index (χ0n) is 42.0. The summed E-state index contributed by atoms with van der Waals surface area (Å²) in [6.45, 7) is 13.5. The van der Waals surface area contributed by atoms with E-state index >= 15 is 0 Å². The lowest BCUT2D eigenvalue weighted by Crippen LogP contribution is -2.61. The van der Waals surface area contributed by atoms with E-state index in [1.165, 1.54) is 14.0 Å². The quantitative estimate of drug-likeness (QED) is 0.0816. The molecule has 15 atom stereocenters. The van der Waals surface area contributed by atoms with Gasteiger partial charge in [-0.05, 0) is 107 Å². The van der Waals surface area contributed by atoms with Crippen LogP contribution in [0.25, 0.3) is 0 Å². The molecule has 2 bridgehead atoms. The van der Waals surface area contributed by atoms with Crippen LogP contribution in [0.5, 0.6) is 0 Å². The van der Waals surface area contributed by atoms with Gasteiger partial charge < -0.3 is 39.2 Å². The summed E-state index contributed by atoms with van der Waals surface area (Å²) in [5, 5.41) is 45.5. The summed E-state index contributed by atoms with van der Waals surface area (Å²) >= 11 is 0. The first kappa shape index (κ1) is 56.7. The fourth-order valence-corrected chi connectivity index (χ4v) is 10.4. The number of hydrogen-bond donors (Lipinski definition) is 4. The molecule has 16 heteroatoms. The predicted molar refractivity (Wildman–Crippen MR) is 252 cm³/mol. The Labute approximate surface area is 403 Å². The van der Waals surface area contributed by atoms with E-state index < -0.39 is 89.7 Å². The minimum absolute atomic E-state index is 0.0170. The van der Waals surface area contributed by atoms with E-state index in [9.17, 15) is 49.3 Å². The molecule has 0 radical (unpaired) electrons. The first-order valence-electron chi connectivity index (χ1n) is 24.7. The van der Waals surface area contributed by atoms with Crippen molar-refractivity contribution in [2.24, 2.45) is 35.5 Å². The van der Waals surface area contributed by atoms with E-state index in [0.29, 0.717) is 67.6 Å². The molecular formula is C52H80N2O14. The number of esters is 1. The van der Waals surface area contributed by atoms with Crippen molar-refractivity contribution in [1.82, 2.24) is 9.96 Å². The van der Waals surface area contributed by atoms with Crippen LogP contribution in [0.15, 0.2) is 47.6 Å². The number of piperidine rings is 1. The van der Waals surface area contributed by atoms with Gasteiger partial charge in [-0.3, -0.25) is 29.2 Å². The van der Waals surface area contributed by atoms with Gasteiger partial charge in [0.2, 0.25) is 11.7 Å². The van der Waals surface area contributed by atoms with Gasteiger partial charge in [0.1, 0.15) is 30.1 Å². The highest BCUT2D eigenvalue weighted by atomic mass is 16.6. The fraction of sp³-hybridized carbons (Fsp3) is 0.731. The van der Waals surface area contributed by atoms with Gasteiger partial charge in [0, 0.05) is 58.3 Å². The second-order valence-electron chi connectivity index (χ2n) is 20.2. The molecule has 2 saturated heterocycles. The lowest BCUT2D eigenvalue weighted by atomic mass is 9.78. The van der Waals surface area contributed by atoms with E-state index in [2.05, 4.69) is 0 Å². The molecule has 382 valence electrons. The second-order valence-corrected chi connectivity index (χ2v) is 20.2. The summed E-state index contributed by atoms with van der Waals surface area (Å²) in [7, 11) is 2.90. The molecule has 16 nitrogen and oxygen atoms in total. The van der Waals surface area contributed by atoms with E-state index in [1.54, 1.807) is 66.0 Å². The number of ketones is 3. The van der Waals surface area contributed by atoms with Crippen LogP contribution in [0.3, 0.4) is 0 Å². The van der Waals surface area contributed by atoms with Crippen molar-refractivity contribution >= 4 is 35.1 Å². The van der Waals surface area contributed by atoms with E-state index in [4.69, 9.17) is 18.9 Å². The molecule has 2 unspecified atom stereocenters. The molecular weight excluding hydrogens is 877 g/mol. The number of cyclic esters (lactones) is 1. The SMILES string of the molecule is COC1C(=O)[C@H](C)C[C@H](C)/C=C/C=C/C=C(\C)C(N(O)C(C)=O)C[C@@H]2CC[C@@H](C)[C@@](O)(O2)C(=O)C(=O)N2CCCC[C@H]2C(=O)O[C@H]([C@H](C)C[C@@H]2CC[C@@H](O)[C@H](OC)C2)CC(=O)[C@H](C)/C=C(\C)[C@H]1O. The summed E-state index contributed by atoms with van der Waals surface area (Å²) < 4.78 is 23.5. The minimum Gasteiger partial charge on any atom is -0.460 e. The van der Waals surface area contributed by atoms with Crippen molar-refractivity contribution in [2.45, 2.75) is 187 Å². The van der Waals surface area contributed by atoms with Crippen LogP contribution in [-0.2, 0) is 47.7 Å². The third-order valence-electron chi connectivity index (χ3n) is 14.8. The highest BCUT2D eigenvalue weighted by molar-refractivity contribution is 6.39. The molecule has 2 amide bonds. The van der Waals surface area contributed by atoms with Crippen LogP contribution in [0.2, 0.25) is 0 Å². The van der Waals surface area contributed by atoms with Crippen molar-refractivity contribution in [3.05, 3.63) is 47.6 Å². The Hall–Kier alpha value is -3.90. The molecule has 0 aromatic heterocycles. The van der Waals surface area contributed by atoms with E-state index in [0.717, 1.165) is 4.90 Å². The predicted octanol–water partition coefficient (Wildman–Crippen LogP) is 5.77. The monoisotopic (exact) mass is 957 g/mol. The van der Waals surface area contributed by atoms with Gasteiger partial charge in [-0.25, -0.2) is 9.86 Å². The number of fused-ring (bicyclic) bond motifs is 3. The number of hydrogen-bond acceptors (Lipinski definition) is 14. The number of hydroxylamine groups is 2. The molecule has 4 rings (SSSR count). The van der Waals surface area contributed by atoms with Crippen LogP contribution >= 0.6 is 0 Å². The lowest BCUT2D eigenvalue weighted by molar-refractivity contribution is -0.266. The minimum atomic E-state index is -2.58. The Bertz CT molecular complexity index is 1890. The van der Waals surface area contributed by atoms with Gasteiger partial charge in [0.15, 0.2) is 5.78 Å². The van der Waals surface area contributed by atoms with Crippen molar-refractivity contribution in [1.29, 1.82) is 0 Å². The maximum Gasteiger partial charge on any atom is 0.329 e. The Kier molecular flexibility index (Phi) is 21.5. The van der Waals surface area contributed by atoms with Crippen LogP contribution in [-0.4, -0.2) is 141 Å². The third-order valence-corrected chi connectivity index (χ3v) is 14.8. The van der Waals surface area contributed by atoms with Crippen LogP contribution in [0.1, 0.15) is 132 Å². The molecule has 68 heavy (non-hydrogen) atoms. The maximum absolute atomic E-state index is 14.4. The molecule has 0 aromatic carbocycles. The molecule has 1 saturated carbocycles. The number of nitrogens with zero attached hydrogens (tertiary/aromatic N) is 2. The molecule has 0 aromatic rings. The molecule has 0 spiro atoms. The molecule has 4 aliphatic rings. The normalized spacial score (nSPS) is 39.1. The van der Waals surface area contributed by atoms with Crippen molar-refractivity contribution in [3.63, 3.8) is 0 Å². The van der Waals surface area contributed by atoms with Crippen molar-refractivity contribution < 1.29 is 68.2 Å². The molecule has 3 heterocycles. The number of allylic oxidation sites excluding steroid dienone is 6. The first-order valence-corrected chi connectivity index (χ1v) is 24.7. The number of rotatable bonds is 6. The topological polar surface area (TPSA) is 227 Å². The smallest absolute Gasteiger partial charge is 0.329 e. The first-order chi connectivity index (χ1) is 32.0. The number of aliphatic hydroxyl groups excluding tert-OH is 2. The average molecular weight is 957 g/mol. The molecule has 4 N–H and O–H groups in total. The third kappa shape index (κ3) is 14.6. The van der Waals surface area contributed by atoms with Gasteiger partial charge in [-0.15, -0.1) is 0 Å². The van der Waals surface area contributed by atoms with Crippen LogP contribution in [0.4, 0.5) is 0 Å². The van der Waals surface area contributed by atoms with Gasteiger partial charge >= 0.3 is 5.97 Å². The van der Waals surface area contributed by atoms with Crippen molar-refractivity contribution in [2.75, 3.05) is 20.8 Å². The number of methoxy groups -OCH3 is 2. The number of carbonyl (C=O) groups is 6. The number of carbonyl (C=O) groups excluding carboxylic acids is 6. The Morgan fingerprint density at radius 2 is 1.62 bits per heavy atom. The highest BCUT2D eigenvalue weighted by Crippen LogP contribution is 2.38. The lowest BCUT2D eigenvalue weighted by Gasteiger charge is -2.43. The summed E-state index contributed by atoms with van der Waals surface area (Å²) in [6.07, 6.45) is 9.56. The molecule has 1 aliphatic carbocycles. The van der Waals surface area contributed by atoms with E-state index in [1.807, 2.05) is 26.0 Å². The number of Topliss-reactive ketones (excluding diaryl/α,β-unsaturated/α-hetero) is 3. The largest absolute Gasteiger partial charge is 0.460 e. The maximum atomic E-state index is 14.4. The Morgan fingerprint density at radius 3 is 2.28 bits per heavy atom. The summed E-state index contributed by atoms with van der Waals surface area (Å²) in [5.41, 5.74) is 0.928. The van der Waals surface area contributed by atoms with Crippen molar-refractivity contribution in [3.8, 4) is 0 Å². The number of aliphatic hydroxyl groups is 3. The fourth-order valence-electron chi connectivity index (χ4n) is 10.4. The van der Waals surface area contributed by atoms with Gasteiger partial charge in [-0.2, -0.15) is 0 Å². The Balaban J connectivity index is 1.74. The molecule has 3 aliphatic heterocycles. The van der Waals surface area contributed by atoms with Gasteiger partial charge in [-0.1, -0.05) is 71.1 Å². The highest BCUT2D eigenvalue weighted by Gasteiger charge is 2.53. The summed E-state index contributed by atoms with van der Waals surface area (Å²) in [6, 6.07) is -2.12. The standard InChI is InChI=1S/C52H80N2O14/c1-30-16-12-11-13-17-31(2)41(54(64)37(8)55)28-39-21-19-36(7)52(63,68-39)49(60)50(61)53-23-15-14-18-40(53)51(62)67-44(33(4)26-38-20-22-42(56)45(27-38)65-9)29-43(57)32(3)25-35(6)47(59)48(66-10)46(58)34(5)24-30/h11-13,16-17,25,30,32-34,36,38-42,44-45,47-48,56,59,63-64H,14-15,18-24,26-29H2,1-10H3/b13-11+,16-12+,31-17+,35-25+/t30-,32-,33-,34-,36-,38+,39+,40+,41?,42-,44+,45-,47-,48?,52-/m1/s1. The summed E-state index contributed by atoms with van der Waals surface area (Å²) in [5.74, 6) is -9.40.